The fraction of sp³-hybridized carbons (Fsp3) is 0.512. The van der Waals surface area contributed by atoms with Gasteiger partial charge in [0.05, 0.1) is 36.2 Å². The number of methoxy groups -OCH3 is 1. The Morgan fingerprint density at radius 2 is 1.59 bits per heavy atom. The van der Waals surface area contributed by atoms with E-state index in [1.54, 1.807) is 6.92 Å². The zero-order valence-electron chi connectivity index (χ0n) is 31.4. The predicted molar refractivity (Wildman–Crippen MR) is 199 cm³/mol. The molecule has 272 valence electrons. The number of carbonyl (C=O) groups is 2. The largest absolute Gasteiger partial charge is 0.512 e. The topological polar surface area (TPSA) is 150 Å². The number of hydrogen-bond donors (Lipinski definition) is 4. The third kappa shape index (κ3) is 6.31. The minimum atomic E-state index is -1.07. The van der Waals surface area contributed by atoms with Crippen molar-refractivity contribution in [1.29, 1.82) is 0 Å². The van der Waals surface area contributed by atoms with Crippen LogP contribution in [0.15, 0.2) is 18.2 Å². The quantitative estimate of drug-likeness (QED) is 0.168. The van der Waals surface area contributed by atoms with Crippen LogP contribution in [0.2, 0.25) is 0 Å². The normalized spacial score (nSPS) is 22.2. The summed E-state index contributed by atoms with van der Waals surface area (Å²) in [5.41, 5.74) is 8.49. The zero-order valence-corrected chi connectivity index (χ0v) is 31.4. The van der Waals surface area contributed by atoms with Gasteiger partial charge >= 0.3 is 11.9 Å². The van der Waals surface area contributed by atoms with Gasteiger partial charge in [-0.15, -0.1) is 0 Å². The van der Waals surface area contributed by atoms with Crippen molar-refractivity contribution in [3.8, 4) is 0 Å². The molecule has 6 atom stereocenters. The molecule has 0 saturated carbocycles. The summed E-state index contributed by atoms with van der Waals surface area (Å²) in [4.78, 5) is 44.0. The average Bonchev–Trinajstić information content (AvgIpc) is 3.84. The summed E-state index contributed by atoms with van der Waals surface area (Å²) in [5.74, 6) is -1.45. The van der Waals surface area contributed by atoms with Gasteiger partial charge < -0.3 is 29.7 Å². The van der Waals surface area contributed by atoms with Gasteiger partial charge in [0.15, 0.2) is 0 Å². The lowest BCUT2D eigenvalue weighted by Gasteiger charge is -2.19. The lowest BCUT2D eigenvalue weighted by Crippen LogP contribution is -2.18. The number of nitrogens with zero attached hydrogens (tertiary/aromatic N) is 2. The van der Waals surface area contributed by atoms with E-state index >= 15 is 0 Å². The van der Waals surface area contributed by atoms with Crippen LogP contribution in [0.1, 0.15) is 143 Å². The number of nitrogens with one attached hydrogen (secondary N) is 2. The fourth-order valence-corrected chi connectivity index (χ4v) is 8.29. The number of hydrogen-bond acceptors (Lipinski definition) is 8. The molecule has 1 aliphatic carbocycles. The molecule has 4 N–H and O–H groups in total. The van der Waals surface area contributed by atoms with Gasteiger partial charge in [-0.2, -0.15) is 0 Å². The van der Waals surface area contributed by atoms with E-state index < -0.39 is 11.9 Å². The van der Waals surface area contributed by atoms with Crippen molar-refractivity contribution in [2.75, 3.05) is 13.7 Å². The van der Waals surface area contributed by atoms with Crippen molar-refractivity contribution < 1.29 is 29.3 Å². The highest BCUT2D eigenvalue weighted by Crippen LogP contribution is 2.46. The first kappa shape index (κ1) is 36.2. The van der Waals surface area contributed by atoms with E-state index in [0.717, 1.165) is 69.2 Å². The molecule has 6 rings (SSSR count). The Kier molecular flexibility index (Phi) is 10.1. The number of ether oxygens (including phenoxy) is 2. The van der Waals surface area contributed by atoms with Crippen LogP contribution in [0, 0.1) is 19.8 Å². The summed E-state index contributed by atoms with van der Waals surface area (Å²) in [6.45, 7) is 16.7. The first-order valence-electron chi connectivity index (χ1n) is 18.4. The summed E-state index contributed by atoms with van der Waals surface area (Å²) in [6.07, 6.45) is 3.34. The summed E-state index contributed by atoms with van der Waals surface area (Å²) < 4.78 is 10.9. The average molecular weight is 697 g/mol. The Hall–Kier alpha value is -4.60. The van der Waals surface area contributed by atoms with Gasteiger partial charge in [-0.05, 0) is 75.3 Å². The van der Waals surface area contributed by atoms with Crippen LogP contribution in [0.5, 0.6) is 0 Å². The third-order valence-electron chi connectivity index (χ3n) is 11.7. The van der Waals surface area contributed by atoms with Crippen molar-refractivity contribution in [2.24, 2.45) is 5.92 Å². The van der Waals surface area contributed by atoms with Crippen LogP contribution in [0.4, 0.5) is 0 Å². The highest BCUT2D eigenvalue weighted by molar-refractivity contribution is 5.96. The highest BCUT2D eigenvalue weighted by atomic mass is 16.5. The van der Waals surface area contributed by atoms with Gasteiger partial charge in [-0.25, -0.2) is 0 Å². The van der Waals surface area contributed by atoms with Gasteiger partial charge in [-0.3, -0.25) is 19.6 Å². The Balaban J connectivity index is 1.65. The molecule has 5 heterocycles. The molecule has 0 radical (unpaired) electrons. The van der Waals surface area contributed by atoms with Crippen LogP contribution < -0.4 is 10.4 Å². The molecular weight excluding hydrogens is 644 g/mol. The van der Waals surface area contributed by atoms with Gasteiger partial charge in [-0.1, -0.05) is 41.0 Å². The van der Waals surface area contributed by atoms with E-state index in [-0.39, 0.29) is 47.6 Å². The number of rotatable bonds is 9. The van der Waals surface area contributed by atoms with Crippen molar-refractivity contribution in [3.63, 3.8) is 0 Å². The zero-order chi connectivity index (χ0) is 36.9. The SMILES string of the molecule is CCC(C)CCOC(=O)CCC1c2nc(cc3[nH]c(cc4nc(cc5[nH]c6c2C(C(=O)OC)C(O)=c6c5C)C(CC)C4C)/c(=C(/C)O)c3C)C1C. The molecule has 10 heteroatoms. The summed E-state index contributed by atoms with van der Waals surface area (Å²) in [5, 5.41) is 24.0. The third-order valence-corrected chi connectivity index (χ3v) is 11.7. The summed E-state index contributed by atoms with van der Waals surface area (Å²) in [6, 6.07) is 6.09. The monoisotopic (exact) mass is 696 g/mol. The molecule has 0 aromatic carbocycles. The van der Waals surface area contributed by atoms with Gasteiger partial charge in [0.2, 0.25) is 0 Å². The second kappa shape index (κ2) is 14.2. The maximum atomic E-state index is 13.5. The van der Waals surface area contributed by atoms with Crippen LogP contribution in [0.25, 0.3) is 33.6 Å². The van der Waals surface area contributed by atoms with Gasteiger partial charge in [0.1, 0.15) is 11.7 Å². The standard InChI is InChI=1S/C41H52N4O6/c1-10-19(3)14-15-51-33(47)13-12-26-21(5)28-16-29-22(6)34(24(8)46)32(43-29)18-27-20(4)25(11-2)31(42-27)17-30-23(7)35-39(45-30)36(38(26)44-28)37(40(35)48)41(49)50-9/h16-21,25-26,37,43,45-46,48H,10-15H2,1-9H3/b28-16?,31-17?,32-18?,34-24-. The van der Waals surface area contributed by atoms with Crippen molar-refractivity contribution in [3.05, 3.63) is 68.1 Å². The second-order valence-electron chi connectivity index (χ2n) is 14.8. The highest BCUT2D eigenvalue weighted by Gasteiger charge is 2.41. The molecular formula is C41H52N4O6. The van der Waals surface area contributed by atoms with Crippen LogP contribution >= 0.6 is 0 Å². The van der Waals surface area contributed by atoms with Crippen LogP contribution in [-0.2, 0) is 19.1 Å². The first-order valence-corrected chi connectivity index (χ1v) is 18.4. The van der Waals surface area contributed by atoms with Gasteiger partial charge in [0.25, 0.3) is 0 Å². The van der Waals surface area contributed by atoms with E-state index in [1.807, 2.05) is 26.0 Å². The molecule has 0 amide bonds. The maximum absolute atomic E-state index is 13.5. The minimum absolute atomic E-state index is 0.0739. The molecule has 3 aromatic heterocycles. The Bertz CT molecular complexity index is 2180. The van der Waals surface area contributed by atoms with Crippen molar-refractivity contribution >= 4 is 45.5 Å². The van der Waals surface area contributed by atoms with Crippen molar-refractivity contribution in [2.45, 2.75) is 117 Å². The van der Waals surface area contributed by atoms with Gasteiger partial charge in [0, 0.05) is 74.2 Å². The number of aromatic nitrogens is 4. The smallest absolute Gasteiger partial charge is 0.321 e. The lowest BCUT2D eigenvalue weighted by molar-refractivity contribution is -0.144. The maximum Gasteiger partial charge on any atom is 0.321 e. The molecule has 3 aliphatic rings. The number of aryl methyl sites for hydroxylation is 2. The second-order valence-corrected chi connectivity index (χ2v) is 14.8. The van der Waals surface area contributed by atoms with Crippen LogP contribution in [0.3, 0.4) is 0 Å². The predicted octanol–water partition coefficient (Wildman–Crippen LogP) is 7.50. The molecule has 3 aromatic rings. The Morgan fingerprint density at radius 3 is 2.25 bits per heavy atom. The molecule has 51 heavy (non-hydrogen) atoms. The van der Waals surface area contributed by atoms with E-state index in [2.05, 4.69) is 50.7 Å². The number of esters is 2. The first-order chi connectivity index (χ1) is 24.3. The van der Waals surface area contributed by atoms with E-state index in [1.165, 1.54) is 7.11 Å². The molecule has 10 nitrogen and oxygen atoms in total. The van der Waals surface area contributed by atoms with Crippen LogP contribution in [-0.4, -0.2) is 55.8 Å². The van der Waals surface area contributed by atoms with E-state index in [4.69, 9.17) is 19.4 Å². The molecule has 8 bridgehead atoms. The summed E-state index contributed by atoms with van der Waals surface area (Å²) in [7, 11) is 1.32. The van der Waals surface area contributed by atoms with E-state index in [9.17, 15) is 19.8 Å². The number of aliphatic hydroxyl groups excluding tert-OH is 2. The minimum Gasteiger partial charge on any atom is -0.512 e. The number of carbonyl (C=O) groups excluding carboxylic acids is 2. The number of H-pyrrole nitrogens is 2. The van der Waals surface area contributed by atoms with E-state index in [0.29, 0.717) is 40.9 Å². The molecule has 2 aliphatic heterocycles. The lowest BCUT2D eigenvalue weighted by atomic mass is 9.84. The fourth-order valence-electron chi connectivity index (χ4n) is 8.29. The number of aromatic amines is 2. The molecule has 0 fully saturated rings. The Morgan fingerprint density at radius 1 is 0.941 bits per heavy atom. The van der Waals surface area contributed by atoms with Crippen molar-refractivity contribution in [1.82, 2.24) is 19.9 Å². The molecule has 0 saturated heterocycles. The number of fused-ring (bicyclic) bond motifs is 8. The molecule has 0 spiro atoms. The molecule has 6 unspecified atom stereocenters. The summed E-state index contributed by atoms with van der Waals surface area (Å²) >= 11 is 0. The number of aliphatic hydroxyl groups is 2. The Labute approximate surface area is 299 Å².